The summed E-state index contributed by atoms with van der Waals surface area (Å²) < 4.78 is 13.5. The standard InChI is InChI=1S/C18H20FNO/c1-13-7-9-15(10-8-13)14(2)20-18(21)12-11-16-5-3-4-6-17(16)19/h3-10,14H,11-12H2,1-2H3,(H,20,21)/t14-/m1/s1. The zero-order valence-corrected chi connectivity index (χ0v) is 12.4. The summed E-state index contributed by atoms with van der Waals surface area (Å²) in [7, 11) is 0. The highest BCUT2D eigenvalue weighted by Gasteiger charge is 2.10. The number of amides is 1. The van der Waals surface area contributed by atoms with Gasteiger partial charge in [-0.2, -0.15) is 0 Å². The Morgan fingerprint density at radius 3 is 2.48 bits per heavy atom. The molecular formula is C18H20FNO. The third-order valence-corrected chi connectivity index (χ3v) is 3.53. The van der Waals surface area contributed by atoms with Crippen LogP contribution in [0.1, 0.15) is 36.1 Å². The second-order valence-electron chi connectivity index (χ2n) is 5.29. The van der Waals surface area contributed by atoms with Crippen molar-refractivity contribution in [3.8, 4) is 0 Å². The largest absolute Gasteiger partial charge is 0.350 e. The SMILES string of the molecule is Cc1ccc([C@@H](C)NC(=O)CCc2ccccc2F)cc1. The van der Waals surface area contributed by atoms with Gasteiger partial charge in [-0.05, 0) is 37.5 Å². The number of benzene rings is 2. The lowest BCUT2D eigenvalue weighted by Crippen LogP contribution is -2.26. The van der Waals surface area contributed by atoms with Crippen LogP contribution in [0.2, 0.25) is 0 Å². The van der Waals surface area contributed by atoms with E-state index < -0.39 is 0 Å². The van der Waals surface area contributed by atoms with Gasteiger partial charge in [0.1, 0.15) is 5.82 Å². The lowest BCUT2D eigenvalue weighted by atomic mass is 10.1. The predicted octanol–water partition coefficient (Wildman–Crippen LogP) is 3.94. The van der Waals surface area contributed by atoms with Crippen LogP contribution in [0.4, 0.5) is 4.39 Å². The molecule has 0 heterocycles. The number of carbonyl (C=O) groups excluding carboxylic acids is 1. The van der Waals surface area contributed by atoms with Crippen molar-refractivity contribution >= 4 is 5.91 Å². The van der Waals surface area contributed by atoms with E-state index in [-0.39, 0.29) is 24.2 Å². The highest BCUT2D eigenvalue weighted by Crippen LogP contribution is 2.14. The monoisotopic (exact) mass is 285 g/mol. The minimum Gasteiger partial charge on any atom is -0.350 e. The van der Waals surface area contributed by atoms with Gasteiger partial charge in [-0.25, -0.2) is 4.39 Å². The molecular weight excluding hydrogens is 265 g/mol. The maximum atomic E-state index is 13.5. The van der Waals surface area contributed by atoms with E-state index >= 15 is 0 Å². The van der Waals surface area contributed by atoms with Crippen LogP contribution in [0.15, 0.2) is 48.5 Å². The van der Waals surface area contributed by atoms with E-state index in [9.17, 15) is 9.18 Å². The third kappa shape index (κ3) is 4.42. The average Bonchev–Trinajstić information content (AvgIpc) is 2.47. The molecule has 3 heteroatoms. The van der Waals surface area contributed by atoms with Gasteiger partial charge in [0.25, 0.3) is 0 Å². The number of halogens is 1. The Bertz CT molecular complexity index is 607. The molecule has 21 heavy (non-hydrogen) atoms. The molecule has 0 fully saturated rings. The summed E-state index contributed by atoms with van der Waals surface area (Å²) in [5, 5.41) is 2.94. The van der Waals surface area contributed by atoms with Crippen molar-refractivity contribution in [3.05, 3.63) is 71.0 Å². The Hall–Kier alpha value is -2.16. The van der Waals surface area contributed by atoms with E-state index in [1.807, 2.05) is 38.1 Å². The molecule has 1 amide bonds. The summed E-state index contributed by atoms with van der Waals surface area (Å²) in [5.41, 5.74) is 2.84. The van der Waals surface area contributed by atoms with Crippen LogP contribution in [0.3, 0.4) is 0 Å². The molecule has 0 aliphatic heterocycles. The van der Waals surface area contributed by atoms with Crippen molar-refractivity contribution in [1.29, 1.82) is 0 Å². The fraction of sp³-hybridized carbons (Fsp3) is 0.278. The van der Waals surface area contributed by atoms with Gasteiger partial charge in [0.2, 0.25) is 5.91 Å². The Labute approximate surface area is 125 Å². The van der Waals surface area contributed by atoms with E-state index in [4.69, 9.17) is 0 Å². The molecule has 0 aliphatic rings. The maximum Gasteiger partial charge on any atom is 0.220 e. The summed E-state index contributed by atoms with van der Waals surface area (Å²) in [5.74, 6) is -0.316. The minimum atomic E-state index is -0.253. The fourth-order valence-electron chi connectivity index (χ4n) is 2.20. The van der Waals surface area contributed by atoms with Crippen LogP contribution >= 0.6 is 0 Å². The molecule has 0 bridgehead atoms. The molecule has 0 saturated carbocycles. The van der Waals surface area contributed by atoms with E-state index in [2.05, 4.69) is 5.32 Å². The van der Waals surface area contributed by atoms with Gasteiger partial charge < -0.3 is 5.32 Å². The van der Waals surface area contributed by atoms with Crippen LogP contribution < -0.4 is 5.32 Å². The van der Waals surface area contributed by atoms with Crippen molar-refractivity contribution in [1.82, 2.24) is 5.32 Å². The molecule has 2 aromatic rings. The minimum absolute atomic E-state index is 0.0429. The number of aryl methyl sites for hydroxylation is 2. The summed E-state index contributed by atoms with van der Waals surface area (Å²) in [4.78, 5) is 11.9. The quantitative estimate of drug-likeness (QED) is 0.885. The van der Waals surface area contributed by atoms with E-state index in [0.717, 1.165) is 5.56 Å². The third-order valence-electron chi connectivity index (χ3n) is 3.53. The Kier molecular flexibility index (Phi) is 5.09. The van der Waals surface area contributed by atoms with Crippen LogP contribution in [0.5, 0.6) is 0 Å². The van der Waals surface area contributed by atoms with Gasteiger partial charge in [-0.3, -0.25) is 4.79 Å². The number of hydrogen-bond acceptors (Lipinski definition) is 1. The first-order valence-electron chi connectivity index (χ1n) is 7.15. The first-order chi connectivity index (χ1) is 10.1. The number of carbonyl (C=O) groups is 1. The Morgan fingerprint density at radius 1 is 1.14 bits per heavy atom. The molecule has 2 aromatic carbocycles. The number of hydrogen-bond donors (Lipinski definition) is 1. The fourth-order valence-corrected chi connectivity index (χ4v) is 2.20. The van der Waals surface area contributed by atoms with Crippen molar-refractivity contribution in [3.63, 3.8) is 0 Å². The average molecular weight is 285 g/mol. The van der Waals surface area contributed by atoms with Gasteiger partial charge in [0.05, 0.1) is 6.04 Å². The van der Waals surface area contributed by atoms with E-state index in [0.29, 0.717) is 12.0 Å². The van der Waals surface area contributed by atoms with Gasteiger partial charge in [0.15, 0.2) is 0 Å². The van der Waals surface area contributed by atoms with Gasteiger partial charge in [-0.15, -0.1) is 0 Å². The molecule has 0 spiro atoms. The molecule has 0 aromatic heterocycles. The number of nitrogens with one attached hydrogen (secondary N) is 1. The van der Waals surface area contributed by atoms with Crippen molar-refractivity contribution in [2.45, 2.75) is 32.7 Å². The molecule has 2 rings (SSSR count). The first kappa shape index (κ1) is 15.2. The van der Waals surface area contributed by atoms with Gasteiger partial charge in [-0.1, -0.05) is 48.0 Å². The molecule has 0 unspecified atom stereocenters. The van der Waals surface area contributed by atoms with Crippen molar-refractivity contribution in [2.24, 2.45) is 0 Å². The molecule has 1 N–H and O–H groups in total. The summed E-state index contributed by atoms with van der Waals surface area (Å²) in [6, 6.07) is 14.6. The summed E-state index contributed by atoms with van der Waals surface area (Å²) in [6.07, 6.45) is 0.705. The molecule has 0 aliphatic carbocycles. The Morgan fingerprint density at radius 2 is 1.81 bits per heavy atom. The number of rotatable bonds is 5. The lowest BCUT2D eigenvalue weighted by molar-refractivity contribution is -0.121. The topological polar surface area (TPSA) is 29.1 Å². The van der Waals surface area contributed by atoms with Crippen LogP contribution in [0.25, 0.3) is 0 Å². The van der Waals surface area contributed by atoms with Crippen molar-refractivity contribution < 1.29 is 9.18 Å². The molecule has 110 valence electrons. The zero-order valence-electron chi connectivity index (χ0n) is 12.4. The molecule has 1 atom stereocenters. The predicted molar refractivity (Wildman–Crippen MR) is 82.5 cm³/mol. The zero-order chi connectivity index (χ0) is 15.2. The lowest BCUT2D eigenvalue weighted by Gasteiger charge is -2.14. The molecule has 0 saturated heterocycles. The van der Waals surface area contributed by atoms with Gasteiger partial charge >= 0.3 is 0 Å². The smallest absolute Gasteiger partial charge is 0.220 e. The van der Waals surface area contributed by atoms with Crippen molar-refractivity contribution in [2.75, 3.05) is 0 Å². The molecule has 2 nitrogen and oxygen atoms in total. The van der Waals surface area contributed by atoms with Crippen LogP contribution in [0, 0.1) is 12.7 Å². The van der Waals surface area contributed by atoms with Gasteiger partial charge in [0, 0.05) is 6.42 Å². The van der Waals surface area contributed by atoms with Crippen LogP contribution in [-0.2, 0) is 11.2 Å². The maximum absolute atomic E-state index is 13.5. The molecule has 0 radical (unpaired) electrons. The van der Waals surface area contributed by atoms with E-state index in [1.54, 1.807) is 18.2 Å². The highest BCUT2D eigenvalue weighted by atomic mass is 19.1. The van der Waals surface area contributed by atoms with E-state index in [1.165, 1.54) is 11.6 Å². The summed E-state index contributed by atoms with van der Waals surface area (Å²) in [6.45, 7) is 3.98. The normalized spacial score (nSPS) is 12.0. The highest BCUT2D eigenvalue weighted by molar-refractivity contribution is 5.76. The first-order valence-corrected chi connectivity index (χ1v) is 7.15. The summed E-state index contributed by atoms with van der Waals surface area (Å²) >= 11 is 0. The second kappa shape index (κ2) is 7.02. The Balaban J connectivity index is 1.87. The second-order valence-corrected chi connectivity index (χ2v) is 5.29. The van der Waals surface area contributed by atoms with Crippen LogP contribution in [-0.4, -0.2) is 5.91 Å².